The van der Waals surface area contributed by atoms with Crippen LogP contribution in [0, 0.1) is 0 Å². The van der Waals surface area contributed by atoms with Crippen LogP contribution in [0.3, 0.4) is 0 Å². The first kappa shape index (κ1) is 14.5. The summed E-state index contributed by atoms with van der Waals surface area (Å²) in [6, 6.07) is 7.35. The molecule has 0 atom stereocenters. The van der Waals surface area contributed by atoms with Crippen LogP contribution in [0.15, 0.2) is 24.3 Å². The highest BCUT2D eigenvalue weighted by molar-refractivity contribution is 7.80. The van der Waals surface area contributed by atoms with E-state index in [2.05, 4.69) is 5.32 Å². The predicted molar refractivity (Wildman–Crippen MR) is 80.2 cm³/mol. The molecular weight excluding hydrogens is 274 g/mol. The van der Waals surface area contributed by atoms with Crippen LogP contribution in [0.4, 0.5) is 0 Å². The second-order valence-corrected chi connectivity index (χ2v) is 5.16. The van der Waals surface area contributed by atoms with Crippen molar-refractivity contribution in [3.8, 4) is 0 Å². The van der Waals surface area contributed by atoms with Gasteiger partial charge in [0.05, 0.1) is 6.42 Å². The summed E-state index contributed by atoms with van der Waals surface area (Å²) >= 11 is 4.89. The Balaban J connectivity index is 1.96. The Morgan fingerprint density at radius 3 is 2.65 bits per heavy atom. The second kappa shape index (κ2) is 6.47. The van der Waals surface area contributed by atoms with Crippen LogP contribution in [-0.2, 0) is 16.0 Å². The van der Waals surface area contributed by atoms with Gasteiger partial charge in [0.25, 0.3) is 0 Å². The van der Waals surface area contributed by atoms with Crippen LogP contribution >= 0.6 is 12.2 Å². The van der Waals surface area contributed by atoms with Gasteiger partial charge in [-0.15, -0.1) is 0 Å². The number of carbonyl (C=O) groups excluding carboxylic acids is 2. The number of nitrogens with zero attached hydrogens (tertiary/aromatic N) is 1. The molecule has 1 aromatic carbocycles. The fraction of sp³-hybridized carbons (Fsp3) is 0.357. The average molecular weight is 291 g/mol. The van der Waals surface area contributed by atoms with Crippen molar-refractivity contribution in [3.05, 3.63) is 35.4 Å². The summed E-state index contributed by atoms with van der Waals surface area (Å²) in [5, 5.41) is 2.75. The van der Waals surface area contributed by atoms with Gasteiger partial charge in [0.2, 0.25) is 11.8 Å². The van der Waals surface area contributed by atoms with Crippen LogP contribution in [0.2, 0.25) is 0 Å². The molecule has 2 amide bonds. The van der Waals surface area contributed by atoms with Crippen molar-refractivity contribution in [2.24, 2.45) is 5.73 Å². The minimum Gasteiger partial charge on any atom is -0.389 e. The fourth-order valence-electron chi connectivity index (χ4n) is 2.09. The lowest BCUT2D eigenvalue weighted by atomic mass is 10.1. The Labute approximate surface area is 123 Å². The summed E-state index contributed by atoms with van der Waals surface area (Å²) in [7, 11) is 0. The number of benzene rings is 1. The van der Waals surface area contributed by atoms with Gasteiger partial charge in [-0.25, -0.2) is 0 Å². The molecule has 1 fully saturated rings. The van der Waals surface area contributed by atoms with E-state index in [4.69, 9.17) is 18.0 Å². The van der Waals surface area contributed by atoms with Crippen molar-refractivity contribution in [2.45, 2.75) is 12.8 Å². The van der Waals surface area contributed by atoms with E-state index in [1.165, 1.54) is 0 Å². The maximum absolute atomic E-state index is 12.2. The molecule has 0 saturated carbocycles. The molecule has 5 nitrogen and oxygen atoms in total. The van der Waals surface area contributed by atoms with E-state index in [0.29, 0.717) is 37.5 Å². The monoisotopic (exact) mass is 291 g/mol. The number of carbonyl (C=O) groups is 2. The van der Waals surface area contributed by atoms with E-state index >= 15 is 0 Å². The van der Waals surface area contributed by atoms with Gasteiger partial charge in [-0.2, -0.15) is 0 Å². The molecule has 1 aromatic rings. The van der Waals surface area contributed by atoms with Gasteiger partial charge >= 0.3 is 0 Å². The van der Waals surface area contributed by atoms with E-state index in [0.717, 1.165) is 11.1 Å². The van der Waals surface area contributed by atoms with Crippen molar-refractivity contribution >= 4 is 29.0 Å². The van der Waals surface area contributed by atoms with Gasteiger partial charge in [0.1, 0.15) is 4.99 Å². The van der Waals surface area contributed by atoms with Crippen molar-refractivity contribution in [2.75, 3.05) is 19.6 Å². The third kappa shape index (κ3) is 3.77. The SMILES string of the molecule is NC(=S)c1ccc(CC(=O)N2CCNC(=O)CC2)cc1. The van der Waals surface area contributed by atoms with Crippen LogP contribution in [-0.4, -0.2) is 41.3 Å². The summed E-state index contributed by atoms with van der Waals surface area (Å²) in [5.41, 5.74) is 7.24. The topological polar surface area (TPSA) is 75.4 Å². The minimum absolute atomic E-state index is 0.00103. The number of hydrogen-bond acceptors (Lipinski definition) is 3. The van der Waals surface area contributed by atoms with Crippen LogP contribution in [0.25, 0.3) is 0 Å². The summed E-state index contributed by atoms with van der Waals surface area (Å²) in [6.07, 6.45) is 0.692. The van der Waals surface area contributed by atoms with Crippen LogP contribution in [0.1, 0.15) is 17.5 Å². The lowest BCUT2D eigenvalue weighted by Crippen LogP contribution is -2.35. The highest BCUT2D eigenvalue weighted by Crippen LogP contribution is 2.08. The minimum atomic E-state index is 0.00103. The standard InChI is InChI=1S/C14H17N3O2S/c15-14(20)11-3-1-10(2-4-11)9-13(19)17-7-5-12(18)16-6-8-17/h1-4H,5-9H2,(H2,15,20)(H,16,18). The van der Waals surface area contributed by atoms with E-state index in [1.54, 1.807) is 4.90 Å². The van der Waals surface area contributed by atoms with Crippen molar-refractivity contribution in [1.29, 1.82) is 0 Å². The fourth-order valence-corrected chi connectivity index (χ4v) is 2.23. The van der Waals surface area contributed by atoms with Gasteiger partial charge < -0.3 is 16.0 Å². The molecule has 1 heterocycles. The van der Waals surface area contributed by atoms with Gasteiger partial charge in [-0.05, 0) is 5.56 Å². The zero-order valence-electron chi connectivity index (χ0n) is 11.1. The summed E-state index contributed by atoms with van der Waals surface area (Å²) in [6.45, 7) is 1.57. The molecule has 3 N–H and O–H groups in total. The molecule has 2 rings (SSSR count). The highest BCUT2D eigenvalue weighted by atomic mass is 32.1. The Morgan fingerprint density at radius 1 is 1.30 bits per heavy atom. The molecule has 20 heavy (non-hydrogen) atoms. The second-order valence-electron chi connectivity index (χ2n) is 4.72. The van der Waals surface area contributed by atoms with E-state index in [9.17, 15) is 9.59 Å². The molecule has 0 aliphatic carbocycles. The lowest BCUT2D eigenvalue weighted by Gasteiger charge is -2.19. The molecule has 0 bridgehead atoms. The average Bonchev–Trinajstić information content (AvgIpc) is 2.64. The molecule has 0 aromatic heterocycles. The van der Waals surface area contributed by atoms with E-state index in [1.807, 2.05) is 24.3 Å². The predicted octanol–water partition coefficient (Wildman–Crippen LogP) is 0.212. The molecule has 1 aliphatic rings. The normalized spacial score (nSPS) is 15.4. The molecule has 0 radical (unpaired) electrons. The Bertz CT molecular complexity index is 528. The number of thiocarbonyl (C=S) groups is 1. The first-order valence-electron chi connectivity index (χ1n) is 6.49. The Morgan fingerprint density at radius 2 is 2.00 bits per heavy atom. The van der Waals surface area contributed by atoms with Gasteiger partial charge in [-0.1, -0.05) is 36.5 Å². The lowest BCUT2D eigenvalue weighted by molar-refractivity contribution is -0.130. The number of nitrogens with one attached hydrogen (secondary N) is 1. The summed E-state index contributed by atoms with van der Waals surface area (Å²) in [4.78, 5) is 25.5. The van der Waals surface area contributed by atoms with Gasteiger partial charge in [-0.3, -0.25) is 9.59 Å². The smallest absolute Gasteiger partial charge is 0.227 e. The molecule has 0 unspecified atom stereocenters. The zero-order chi connectivity index (χ0) is 14.5. The number of amides is 2. The molecule has 1 aliphatic heterocycles. The van der Waals surface area contributed by atoms with Crippen molar-refractivity contribution in [1.82, 2.24) is 10.2 Å². The van der Waals surface area contributed by atoms with Crippen molar-refractivity contribution in [3.63, 3.8) is 0 Å². The van der Waals surface area contributed by atoms with E-state index < -0.39 is 0 Å². The molecule has 0 spiro atoms. The summed E-state index contributed by atoms with van der Waals surface area (Å²) < 4.78 is 0. The maximum Gasteiger partial charge on any atom is 0.227 e. The molecule has 106 valence electrons. The van der Waals surface area contributed by atoms with E-state index in [-0.39, 0.29) is 11.8 Å². The third-order valence-corrected chi connectivity index (χ3v) is 3.49. The van der Waals surface area contributed by atoms with Gasteiger partial charge in [0.15, 0.2) is 0 Å². The van der Waals surface area contributed by atoms with Crippen LogP contribution < -0.4 is 11.1 Å². The highest BCUT2D eigenvalue weighted by Gasteiger charge is 2.18. The zero-order valence-corrected chi connectivity index (χ0v) is 11.9. The van der Waals surface area contributed by atoms with Gasteiger partial charge in [0, 0.05) is 31.6 Å². The van der Waals surface area contributed by atoms with Crippen molar-refractivity contribution < 1.29 is 9.59 Å². The Kier molecular flexibility index (Phi) is 4.68. The molecule has 6 heteroatoms. The largest absolute Gasteiger partial charge is 0.389 e. The van der Waals surface area contributed by atoms with Crippen LogP contribution in [0.5, 0.6) is 0 Å². The first-order chi connectivity index (χ1) is 9.56. The summed E-state index contributed by atoms with van der Waals surface area (Å²) in [5.74, 6) is 0.0330. The molecular formula is C14H17N3O2S. The third-order valence-electron chi connectivity index (χ3n) is 3.26. The first-order valence-corrected chi connectivity index (χ1v) is 6.90. The number of rotatable bonds is 3. The quantitative estimate of drug-likeness (QED) is 0.781. The Hall–Kier alpha value is -1.95. The number of nitrogens with two attached hydrogens (primary N) is 1. The number of hydrogen-bond donors (Lipinski definition) is 2. The maximum atomic E-state index is 12.2. The molecule has 1 saturated heterocycles.